The third kappa shape index (κ3) is 5.92. The average molecular weight is 354 g/mol. The van der Waals surface area contributed by atoms with Gasteiger partial charge in [0.25, 0.3) is 0 Å². The minimum atomic E-state index is -0.362. The van der Waals surface area contributed by atoms with Crippen molar-refractivity contribution in [2.75, 3.05) is 18.5 Å². The first-order valence-corrected chi connectivity index (χ1v) is 9.01. The van der Waals surface area contributed by atoms with Crippen LogP contribution in [0.25, 0.3) is 0 Å². The summed E-state index contributed by atoms with van der Waals surface area (Å²) in [5.41, 5.74) is 2.21. The fourth-order valence-electron chi connectivity index (χ4n) is 2.51. The Labute approximate surface area is 155 Å². The summed E-state index contributed by atoms with van der Waals surface area (Å²) in [7, 11) is 0. The van der Waals surface area contributed by atoms with Gasteiger partial charge >= 0.3 is 12.0 Å². The van der Waals surface area contributed by atoms with E-state index in [1.807, 2.05) is 30.3 Å². The SMILES string of the molecule is CCCCN(Cc1ccccc1)C(=O)Nc1ccc(C(=O)OCC)cc1. The molecule has 5 heteroatoms. The quantitative estimate of drug-likeness (QED) is 0.699. The lowest BCUT2D eigenvalue weighted by atomic mass is 10.2. The van der Waals surface area contributed by atoms with E-state index in [1.54, 1.807) is 36.1 Å². The summed E-state index contributed by atoms with van der Waals surface area (Å²) < 4.78 is 4.96. The topological polar surface area (TPSA) is 58.6 Å². The lowest BCUT2D eigenvalue weighted by molar-refractivity contribution is 0.0526. The fourth-order valence-corrected chi connectivity index (χ4v) is 2.51. The van der Waals surface area contributed by atoms with Gasteiger partial charge in [0.15, 0.2) is 0 Å². The molecule has 0 bridgehead atoms. The van der Waals surface area contributed by atoms with Gasteiger partial charge in [0.05, 0.1) is 12.2 Å². The first-order valence-electron chi connectivity index (χ1n) is 9.01. The minimum Gasteiger partial charge on any atom is -0.462 e. The van der Waals surface area contributed by atoms with Crippen LogP contribution in [0.2, 0.25) is 0 Å². The summed E-state index contributed by atoms with van der Waals surface area (Å²) in [6.07, 6.45) is 1.97. The zero-order valence-corrected chi connectivity index (χ0v) is 15.4. The molecule has 0 spiro atoms. The predicted molar refractivity (Wildman–Crippen MR) is 103 cm³/mol. The highest BCUT2D eigenvalue weighted by Gasteiger charge is 2.14. The van der Waals surface area contributed by atoms with E-state index in [4.69, 9.17) is 4.74 Å². The molecule has 0 fully saturated rings. The van der Waals surface area contributed by atoms with Gasteiger partial charge in [0.2, 0.25) is 0 Å². The molecule has 0 atom stereocenters. The number of unbranched alkanes of at least 4 members (excludes halogenated alkanes) is 1. The second-order valence-corrected chi connectivity index (χ2v) is 5.99. The Morgan fingerprint density at radius 2 is 1.69 bits per heavy atom. The number of hydrogen-bond acceptors (Lipinski definition) is 3. The molecule has 138 valence electrons. The highest BCUT2D eigenvalue weighted by atomic mass is 16.5. The van der Waals surface area contributed by atoms with E-state index in [9.17, 15) is 9.59 Å². The molecule has 0 aliphatic heterocycles. The smallest absolute Gasteiger partial charge is 0.338 e. The van der Waals surface area contributed by atoms with E-state index in [0.717, 1.165) is 18.4 Å². The van der Waals surface area contributed by atoms with Gasteiger partial charge in [-0.3, -0.25) is 0 Å². The molecule has 0 heterocycles. The van der Waals surface area contributed by atoms with E-state index in [0.29, 0.717) is 30.9 Å². The number of nitrogens with zero attached hydrogens (tertiary/aromatic N) is 1. The molecule has 0 saturated heterocycles. The first-order chi connectivity index (χ1) is 12.6. The van der Waals surface area contributed by atoms with Crippen LogP contribution >= 0.6 is 0 Å². The maximum absolute atomic E-state index is 12.7. The predicted octanol–water partition coefficient (Wildman–Crippen LogP) is 4.70. The van der Waals surface area contributed by atoms with Crippen molar-refractivity contribution in [1.82, 2.24) is 4.90 Å². The van der Waals surface area contributed by atoms with Crippen LogP contribution in [0.15, 0.2) is 54.6 Å². The van der Waals surface area contributed by atoms with Crippen LogP contribution in [-0.2, 0) is 11.3 Å². The van der Waals surface area contributed by atoms with Crippen molar-refractivity contribution >= 4 is 17.7 Å². The van der Waals surface area contributed by atoms with Gasteiger partial charge in [0, 0.05) is 18.8 Å². The number of esters is 1. The minimum absolute atomic E-state index is 0.147. The molecule has 0 unspecified atom stereocenters. The van der Waals surface area contributed by atoms with E-state index < -0.39 is 0 Å². The summed E-state index contributed by atoms with van der Waals surface area (Å²) >= 11 is 0. The number of hydrogen-bond donors (Lipinski definition) is 1. The van der Waals surface area contributed by atoms with Gasteiger partial charge in [-0.15, -0.1) is 0 Å². The molecule has 2 rings (SSSR count). The number of carbonyl (C=O) groups excluding carboxylic acids is 2. The van der Waals surface area contributed by atoms with Crippen LogP contribution in [0.4, 0.5) is 10.5 Å². The third-order valence-electron chi connectivity index (χ3n) is 3.93. The Morgan fingerprint density at radius 3 is 2.31 bits per heavy atom. The van der Waals surface area contributed by atoms with Crippen molar-refractivity contribution in [3.63, 3.8) is 0 Å². The highest BCUT2D eigenvalue weighted by molar-refractivity contribution is 5.92. The Bertz CT molecular complexity index is 699. The molecule has 2 amide bonds. The van der Waals surface area contributed by atoms with Crippen molar-refractivity contribution in [2.45, 2.75) is 33.2 Å². The van der Waals surface area contributed by atoms with Crippen molar-refractivity contribution in [3.8, 4) is 0 Å². The Morgan fingerprint density at radius 1 is 1.00 bits per heavy atom. The summed E-state index contributed by atoms with van der Waals surface area (Å²) in [6, 6.07) is 16.5. The number of nitrogens with one attached hydrogen (secondary N) is 1. The van der Waals surface area contributed by atoms with Gasteiger partial charge < -0.3 is 15.0 Å². The number of ether oxygens (including phenoxy) is 1. The molecule has 0 aliphatic rings. The Balaban J connectivity index is 2.02. The second-order valence-electron chi connectivity index (χ2n) is 5.99. The molecule has 2 aromatic rings. The van der Waals surface area contributed by atoms with Gasteiger partial charge in [-0.05, 0) is 43.2 Å². The van der Waals surface area contributed by atoms with E-state index in [2.05, 4.69) is 12.2 Å². The van der Waals surface area contributed by atoms with E-state index in [1.165, 1.54) is 0 Å². The molecule has 0 aromatic heterocycles. The zero-order valence-electron chi connectivity index (χ0n) is 15.4. The fraction of sp³-hybridized carbons (Fsp3) is 0.333. The number of benzene rings is 2. The van der Waals surface area contributed by atoms with Gasteiger partial charge in [-0.25, -0.2) is 9.59 Å². The van der Waals surface area contributed by atoms with Crippen LogP contribution in [0, 0.1) is 0 Å². The highest BCUT2D eigenvalue weighted by Crippen LogP contribution is 2.13. The molecular weight excluding hydrogens is 328 g/mol. The standard InChI is InChI=1S/C21H26N2O3/c1-3-5-15-23(16-17-9-7-6-8-10-17)21(25)22-19-13-11-18(12-14-19)20(24)26-4-2/h6-14H,3-5,15-16H2,1-2H3,(H,22,25). The summed E-state index contributed by atoms with van der Waals surface area (Å²) in [6.45, 7) is 5.46. The van der Waals surface area contributed by atoms with Crippen LogP contribution in [0.3, 0.4) is 0 Å². The number of rotatable bonds is 8. The van der Waals surface area contributed by atoms with Crippen LogP contribution in [0.5, 0.6) is 0 Å². The molecule has 1 N–H and O–H groups in total. The molecule has 0 aliphatic carbocycles. The lowest BCUT2D eigenvalue weighted by Gasteiger charge is -2.23. The van der Waals surface area contributed by atoms with E-state index in [-0.39, 0.29) is 12.0 Å². The molecule has 0 saturated carbocycles. The van der Waals surface area contributed by atoms with Crippen molar-refractivity contribution in [1.29, 1.82) is 0 Å². The molecule has 5 nitrogen and oxygen atoms in total. The van der Waals surface area contributed by atoms with Gasteiger partial charge in [-0.1, -0.05) is 43.7 Å². The number of amides is 2. The molecule has 26 heavy (non-hydrogen) atoms. The monoisotopic (exact) mass is 354 g/mol. The Kier molecular flexibility index (Phi) is 7.68. The average Bonchev–Trinajstić information content (AvgIpc) is 2.66. The number of urea groups is 1. The van der Waals surface area contributed by atoms with Crippen molar-refractivity contribution < 1.29 is 14.3 Å². The summed E-state index contributed by atoms with van der Waals surface area (Å²) in [5.74, 6) is -0.362. The maximum Gasteiger partial charge on any atom is 0.338 e. The molecule has 0 radical (unpaired) electrons. The Hall–Kier alpha value is -2.82. The van der Waals surface area contributed by atoms with Crippen LogP contribution < -0.4 is 5.32 Å². The zero-order chi connectivity index (χ0) is 18.8. The maximum atomic E-state index is 12.7. The normalized spacial score (nSPS) is 10.2. The van der Waals surface area contributed by atoms with Crippen LogP contribution in [-0.4, -0.2) is 30.1 Å². The first kappa shape index (κ1) is 19.5. The molecular formula is C21H26N2O3. The van der Waals surface area contributed by atoms with Crippen LogP contribution in [0.1, 0.15) is 42.6 Å². The summed E-state index contributed by atoms with van der Waals surface area (Å²) in [4.78, 5) is 26.2. The van der Waals surface area contributed by atoms with Crippen molar-refractivity contribution in [3.05, 3.63) is 65.7 Å². The lowest BCUT2D eigenvalue weighted by Crippen LogP contribution is -2.35. The second kappa shape index (κ2) is 10.2. The third-order valence-corrected chi connectivity index (χ3v) is 3.93. The van der Waals surface area contributed by atoms with Crippen molar-refractivity contribution in [2.24, 2.45) is 0 Å². The molecule has 2 aromatic carbocycles. The largest absolute Gasteiger partial charge is 0.462 e. The number of carbonyl (C=O) groups is 2. The number of anilines is 1. The van der Waals surface area contributed by atoms with Gasteiger partial charge in [-0.2, -0.15) is 0 Å². The van der Waals surface area contributed by atoms with E-state index >= 15 is 0 Å². The van der Waals surface area contributed by atoms with Gasteiger partial charge in [0.1, 0.15) is 0 Å². The summed E-state index contributed by atoms with van der Waals surface area (Å²) in [5, 5.41) is 2.90.